The Bertz CT molecular complexity index is 632. The molecule has 20 heavy (non-hydrogen) atoms. The maximum absolute atomic E-state index is 13.8. The van der Waals surface area contributed by atoms with Crippen LogP contribution in [0.2, 0.25) is 0 Å². The average Bonchev–Trinajstić information content (AvgIpc) is 3.00. The van der Waals surface area contributed by atoms with Gasteiger partial charge in [0.2, 0.25) is 0 Å². The van der Waals surface area contributed by atoms with Crippen LogP contribution in [-0.2, 0) is 6.54 Å². The fraction of sp³-hybridized carbons (Fsp3) is 0.533. The highest BCUT2D eigenvalue weighted by Crippen LogP contribution is 2.32. The number of aromatic nitrogens is 2. The lowest BCUT2D eigenvalue weighted by Crippen LogP contribution is -2.11. The molecule has 0 aliphatic heterocycles. The van der Waals surface area contributed by atoms with E-state index in [9.17, 15) is 4.39 Å². The molecule has 5 heteroatoms. The number of hydrogen-bond acceptors (Lipinski definition) is 1. The van der Waals surface area contributed by atoms with Crippen LogP contribution in [0.3, 0.4) is 0 Å². The molecule has 1 aromatic heterocycles. The largest absolute Gasteiger partial charge is 0.326 e. The summed E-state index contributed by atoms with van der Waals surface area (Å²) in [5.74, 6) is 1.25. The highest BCUT2D eigenvalue weighted by molar-refractivity contribution is 9.10. The third kappa shape index (κ3) is 2.60. The second-order valence-electron chi connectivity index (χ2n) is 5.60. The van der Waals surface area contributed by atoms with Crippen LogP contribution >= 0.6 is 27.5 Å². The van der Waals surface area contributed by atoms with Crippen LogP contribution in [-0.4, -0.2) is 9.55 Å². The Morgan fingerprint density at radius 2 is 2.15 bits per heavy atom. The Morgan fingerprint density at radius 3 is 2.80 bits per heavy atom. The lowest BCUT2D eigenvalue weighted by molar-refractivity contribution is 0.454. The van der Waals surface area contributed by atoms with Crippen molar-refractivity contribution < 1.29 is 4.39 Å². The van der Waals surface area contributed by atoms with Crippen molar-refractivity contribution in [2.45, 2.75) is 44.5 Å². The topological polar surface area (TPSA) is 17.8 Å². The lowest BCUT2D eigenvalue weighted by Gasteiger charge is -2.15. The highest BCUT2D eigenvalue weighted by Gasteiger charge is 2.21. The van der Waals surface area contributed by atoms with Gasteiger partial charge in [-0.1, -0.05) is 12.8 Å². The molecule has 0 radical (unpaired) electrons. The minimum atomic E-state index is -0.251. The molecule has 2 aromatic rings. The second kappa shape index (κ2) is 5.64. The molecular weight excluding hydrogens is 343 g/mol. The van der Waals surface area contributed by atoms with Crippen molar-refractivity contribution >= 4 is 38.6 Å². The zero-order chi connectivity index (χ0) is 14.3. The fourth-order valence-corrected chi connectivity index (χ4v) is 3.58. The Balaban J connectivity index is 2.10. The van der Waals surface area contributed by atoms with Crippen LogP contribution in [0, 0.1) is 11.7 Å². The van der Waals surface area contributed by atoms with Crippen LogP contribution in [0.5, 0.6) is 0 Å². The maximum atomic E-state index is 13.8. The molecule has 0 amide bonds. The molecule has 1 aliphatic rings. The van der Waals surface area contributed by atoms with Gasteiger partial charge in [0, 0.05) is 12.6 Å². The summed E-state index contributed by atoms with van der Waals surface area (Å²) in [6.45, 7) is 2.81. The number of halogens is 3. The highest BCUT2D eigenvalue weighted by atomic mass is 79.9. The van der Waals surface area contributed by atoms with E-state index in [1.165, 1.54) is 25.7 Å². The molecule has 0 saturated heterocycles. The molecule has 108 valence electrons. The van der Waals surface area contributed by atoms with E-state index in [1.807, 2.05) is 6.92 Å². The molecular formula is C15H17BrClFN2. The number of rotatable bonds is 3. The summed E-state index contributed by atoms with van der Waals surface area (Å²) in [5.41, 5.74) is 1.65. The molecule has 0 N–H and O–H groups in total. The van der Waals surface area contributed by atoms with Gasteiger partial charge in [-0.25, -0.2) is 9.37 Å². The van der Waals surface area contributed by atoms with Crippen molar-refractivity contribution in [2.24, 2.45) is 5.92 Å². The van der Waals surface area contributed by atoms with Crippen LogP contribution in [0.1, 0.15) is 43.8 Å². The summed E-state index contributed by atoms with van der Waals surface area (Å²) in [7, 11) is 0. The summed E-state index contributed by atoms with van der Waals surface area (Å²) in [4.78, 5) is 4.59. The zero-order valence-electron chi connectivity index (χ0n) is 11.4. The van der Waals surface area contributed by atoms with Gasteiger partial charge in [0.25, 0.3) is 0 Å². The summed E-state index contributed by atoms with van der Waals surface area (Å²) in [6.07, 6.45) is 5.08. The normalized spacial score (nSPS) is 18.0. The zero-order valence-corrected chi connectivity index (χ0v) is 13.7. The smallest absolute Gasteiger partial charge is 0.139 e. The SMILES string of the molecule is CC(Cl)c1nc2cc(Br)c(F)cc2n1CC1CCCC1. The van der Waals surface area contributed by atoms with Crippen molar-refractivity contribution in [1.82, 2.24) is 9.55 Å². The van der Waals surface area contributed by atoms with E-state index in [-0.39, 0.29) is 11.2 Å². The maximum Gasteiger partial charge on any atom is 0.139 e. The van der Waals surface area contributed by atoms with Gasteiger partial charge in [0.1, 0.15) is 11.6 Å². The average molecular weight is 360 g/mol. The first kappa shape index (κ1) is 14.3. The van der Waals surface area contributed by atoms with E-state index in [2.05, 4.69) is 25.5 Å². The number of alkyl halides is 1. The lowest BCUT2D eigenvalue weighted by atomic mass is 10.1. The minimum absolute atomic E-state index is 0.175. The van der Waals surface area contributed by atoms with Crippen molar-refractivity contribution in [3.63, 3.8) is 0 Å². The van der Waals surface area contributed by atoms with Gasteiger partial charge >= 0.3 is 0 Å². The predicted octanol–water partition coefficient (Wildman–Crippen LogP) is 5.43. The predicted molar refractivity (Wildman–Crippen MR) is 83.6 cm³/mol. The van der Waals surface area contributed by atoms with E-state index < -0.39 is 0 Å². The Labute approximate surface area is 131 Å². The number of hydrogen-bond donors (Lipinski definition) is 0. The fourth-order valence-electron chi connectivity index (χ4n) is 3.09. The third-order valence-corrected chi connectivity index (χ3v) is 4.89. The molecule has 1 saturated carbocycles. The van der Waals surface area contributed by atoms with Gasteiger partial charge in [0.05, 0.1) is 20.9 Å². The van der Waals surface area contributed by atoms with Crippen LogP contribution < -0.4 is 0 Å². The van der Waals surface area contributed by atoms with E-state index in [0.717, 1.165) is 23.4 Å². The molecule has 1 aliphatic carbocycles. The molecule has 0 bridgehead atoms. The molecule has 1 atom stereocenters. The first-order chi connectivity index (χ1) is 9.56. The summed E-state index contributed by atoms with van der Waals surface area (Å²) in [6, 6.07) is 3.29. The monoisotopic (exact) mass is 358 g/mol. The Kier molecular flexibility index (Phi) is 4.04. The van der Waals surface area contributed by atoms with Crippen molar-refractivity contribution in [2.75, 3.05) is 0 Å². The van der Waals surface area contributed by atoms with Crippen molar-refractivity contribution in [1.29, 1.82) is 0 Å². The first-order valence-corrected chi connectivity index (χ1v) is 8.28. The summed E-state index contributed by atoms with van der Waals surface area (Å²) >= 11 is 9.47. The van der Waals surface area contributed by atoms with E-state index in [1.54, 1.807) is 12.1 Å². The molecule has 1 heterocycles. The van der Waals surface area contributed by atoms with Crippen molar-refractivity contribution in [3.05, 3.63) is 28.2 Å². The number of nitrogens with zero attached hydrogens (tertiary/aromatic N) is 2. The number of imidazole rings is 1. The summed E-state index contributed by atoms with van der Waals surface area (Å²) < 4.78 is 16.4. The molecule has 1 unspecified atom stereocenters. The van der Waals surface area contributed by atoms with Crippen LogP contribution in [0.15, 0.2) is 16.6 Å². The van der Waals surface area contributed by atoms with Gasteiger partial charge in [-0.3, -0.25) is 0 Å². The van der Waals surface area contributed by atoms with E-state index in [4.69, 9.17) is 11.6 Å². The third-order valence-electron chi connectivity index (χ3n) is 4.09. The van der Waals surface area contributed by atoms with Gasteiger partial charge in [-0.15, -0.1) is 11.6 Å². The van der Waals surface area contributed by atoms with E-state index in [0.29, 0.717) is 10.4 Å². The van der Waals surface area contributed by atoms with Crippen LogP contribution in [0.4, 0.5) is 4.39 Å². The molecule has 1 fully saturated rings. The van der Waals surface area contributed by atoms with E-state index >= 15 is 0 Å². The quantitative estimate of drug-likeness (QED) is 0.668. The number of fused-ring (bicyclic) bond motifs is 1. The molecule has 3 rings (SSSR count). The Hall–Kier alpha value is -0.610. The van der Waals surface area contributed by atoms with Gasteiger partial charge < -0.3 is 4.57 Å². The van der Waals surface area contributed by atoms with Crippen LogP contribution in [0.25, 0.3) is 11.0 Å². The molecule has 2 nitrogen and oxygen atoms in total. The molecule has 1 aromatic carbocycles. The Morgan fingerprint density at radius 1 is 1.45 bits per heavy atom. The minimum Gasteiger partial charge on any atom is -0.326 e. The van der Waals surface area contributed by atoms with Gasteiger partial charge in [-0.05, 0) is 47.7 Å². The van der Waals surface area contributed by atoms with Crippen molar-refractivity contribution in [3.8, 4) is 0 Å². The summed E-state index contributed by atoms with van der Waals surface area (Å²) in [5, 5.41) is -0.175. The second-order valence-corrected chi connectivity index (χ2v) is 7.11. The van der Waals surface area contributed by atoms with Gasteiger partial charge in [-0.2, -0.15) is 0 Å². The molecule has 0 spiro atoms. The van der Waals surface area contributed by atoms with Gasteiger partial charge in [0.15, 0.2) is 0 Å². The first-order valence-electron chi connectivity index (χ1n) is 7.05. The number of benzene rings is 1. The standard InChI is InChI=1S/C15H17BrClFN2/c1-9(17)15-19-13-6-11(16)12(18)7-14(13)20(15)8-10-4-2-3-5-10/h6-7,9-10H,2-5,8H2,1H3.